The van der Waals surface area contributed by atoms with E-state index in [0.29, 0.717) is 11.8 Å². The van der Waals surface area contributed by atoms with Crippen molar-refractivity contribution in [3.05, 3.63) is 35.5 Å². The molecule has 4 heterocycles. The van der Waals surface area contributed by atoms with Gasteiger partial charge in [0.2, 0.25) is 5.88 Å². The molecule has 4 rings (SSSR count). The lowest BCUT2D eigenvalue weighted by atomic mass is 9.83. The minimum Gasteiger partial charge on any atom is -0.481 e. The predicted molar refractivity (Wildman–Crippen MR) is 92.2 cm³/mol. The number of ether oxygens (including phenoxy) is 2. The summed E-state index contributed by atoms with van der Waals surface area (Å²) in [4.78, 5) is 11.2. The van der Waals surface area contributed by atoms with Gasteiger partial charge in [0, 0.05) is 37.2 Å². The van der Waals surface area contributed by atoms with Crippen LogP contribution in [0.2, 0.25) is 0 Å². The molecule has 0 amide bonds. The molecule has 2 aliphatic heterocycles. The van der Waals surface area contributed by atoms with Crippen molar-refractivity contribution in [1.29, 1.82) is 0 Å². The van der Waals surface area contributed by atoms with E-state index in [4.69, 9.17) is 9.47 Å². The van der Waals surface area contributed by atoms with Crippen molar-refractivity contribution in [3.63, 3.8) is 0 Å². The van der Waals surface area contributed by atoms with Crippen LogP contribution in [0.1, 0.15) is 23.6 Å². The van der Waals surface area contributed by atoms with E-state index in [0.717, 1.165) is 62.2 Å². The van der Waals surface area contributed by atoms with Crippen molar-refractivity contribution >= 4 is 0 Å². The first-order valence-electron chi connectivity index (χ1n) is 8.92. The highest BCUT2D eigenvalue weighted by Gasteiger charge is 2.41. The number of piperidine rings is 1. The predicted octanol–water partition coefficient (Wildman–Crippen LogP) is 1.60. The molecule has 1 N–H and O–H groups in total. The number of nitrogens with one attached hydrogen (secondary N) is 1. The van der Waals surface area contributed by atoms with Gasteiger partial charge in [-0.3, -0.25) is 10.00 Å². The highest BCUT2D eigenvalue weighted by Crippen LogP contribution is 2.36. The van der Waals surface area contributed by atoms with Gasteiger partial charge in [0.05, 0.1) is 19.8 Å². The first-order chi connectivity index (χ1) is 12.2. The summed E-state index contributed by atoms with van der Waals surface area (Å²) >= 11 is 0. The molecular formula is C18H25N5O2. The number of aryl methyl sites for hydroxylation is 1. The molecule has 7 heteroatoms. The number of fused-ring (bicyclic) bond motifs is 1. The van der Waals surface area contributed by atoms with Gasteiger partial charge in [-0.2, -0.15) is 5.10 Å². The Morgan fingerprint density at radius 3 is 3.16 bits per heavy atom. The molecule has 0 saturated carbocycles. The third-order valence-corrected chi connectivity index (χ3v) is 5.34. The van der Waals surface area contributed by atoms with Gasteiger partial charge >= 0.3 is 0 Å². The second-order valence-electron chi connectivity index (χ2n) is 7.03. The Hall–Kier alpha value is -1.99. The number of rotatable bonds is 5. The molecule has 2 aromatic rings. The van der Waals surface area contributed by atoms with Crippen LogP contribution in [0.5, 0.6) is 5.88 Å². The van der Waals surface area contributed by atoms with E-state index in [1.54, 1.807) is 13.3 Å². The zero-order chi connectivity index (χ0) is 17.2. The number of hydrogen-bond donors (Lipinski definition) is 1. The molecule has 2 fully saturated rings. The molecule has 2 aliphatic rings. The molecule has 0 bridgehead atoms. The van der Waals surface area contributed by atoms with E-state index in [9.17, 15) is 0 Å². The fourth-order valence-electron chi connectivity index (χ4n) is 4.15. The zero-order valence-electron chi connectivity index (χ0n) is 14.8. The van der Waals surface area contributed by atoms with Crippen LogP contribution in [-0.2, 0) is 17.7 Å². The minimum atomic E-state index is 0.246. The second kappa shape index (κ2) is 7.09. The number of H-pyrrole nitrogens is 1. The van der Waals surface area contributed by atoms with Gasteiger partial charge in [0.25, 0.3) is 0 Å². The zero-order valence-corrected chi connectivity index (χ0v) is 14.8. The van der Waals surface area contributed by atoms with Gasteiger partial charge in [0.15, 0.2) is 5.82 Å². The SMILES string of the molecule is COc1ncccc1CN1CC[C@@H]2[C@@H](CO[C@H]2Cc2n[nH]c(C)n2)C1. The quantitative estimate of drug-likeness (QED) is 0.889. The Kier molecular flexibility index (Phi) is 4.67. The van der Waals surface area contributed by atoms with Crippen LogP contribution in [-0.4, -0.2) is 58.0 Å². The minimum absolute atomic E-state index is 0.246. The third kappa shape index (κ3) is 3.52. The topological polar surface area (TPSA) is 76.2 Å². The summed E-state index contributed by atoms with van der Waals surface area (Å²) in [7, 11) is 1.68. The molecule has 134 valence electrons. The molecule has 2 saturated heterocycles. The van der Waals surface area contributed by atoms with Crippen molar-refractivity contribution in [3.8, 4) is 5.88 Å². The first-order valence-corrected chi connectivity index (χ1v) is 8.92. The van der Waals surface area contributed by atoms with Crippen LogP contribution in [0.3, 0.4) is 0 Å². The average molecular weight is 343 g/mol. The molecular weight excluding hydrogens is 318 g/mol. The van der Waals surface area contributed by atoms with Gasteiger partial charge in [-0.25, -0.2) is 9.97 Å². The van der Waals surface area contributed by atoms with E-state index in [1.165, 1.54) is 0 Å². The highest BCUT2D eigenvalue weighted by atomic mass is 16.5. The van der Waals surface area contributed by atoms with Crippen molar-refractivity contribution in [1.82, 2.24) is 25.1 Å². The fourth-order valence-corrected chi connectivity index (χ4v) is 4.15. The Morgan fingerprint density at radius 2 is 2.36 bits per heavy atom. The summed E-state index contributed by atoms with van der Waals surface area (Å²) in [5.41, 5.74) is 1.15. The maximum atomic E-state index is 6.10. The number of pyridine rings is 1. The Balaban J connectivity index is 1.36. The molecule has 0 aliphatic carbocycles. The Bertz CT molecular complexity index is 719. The summed E-state index contributed by atoms with van der Waals surface area (Å²) in [6.45, 7) is 5.78. The largest absolute Gasteiger partial charge is 0.481 e. The molecule has 0 unspecified atom stereocenters. The van der Waals surface area contributed by atoms with Crippen LogP contribution >= 0.6 is 0 Å². The number of aromatic nitrogens is 4. The first kappa shape index (κ1) is 16.5. The van der Waals surface area contributed by atoms with E-state index in [2.05, 4.69) is 31.1 Å². The molecule has 0 radical (unpaired) electrons. The molecule has 25 heavy (non-hydrogen) atoms. The Labute approximate surface area is 147 Å². The molecule has 2 aromatic heterocycles. The fraction of sp³-hybridized carbons (Fsp3) is 0.611. The summed E-state index contributed by atoms with van der Waals surface area (Å²) < 4.78 is 11.5. The number of nitrogens with zero attached hydrogens (tertiary/aromatic N) is 4. The lowest BCUT2D eigenvalue weighted by Gasteiger charge is -2.35. The normalized spacial score (nSPS) is 26.6. The maximum absolute atomic E-state index is 6.10. The van der Waals surface area contributed by atoms with Crippen LogP contribution < -0.4 is 4.74 Å². The number of aromatic amines is 1. The summed E-state index contributed by atoms with van der Waals surface area (Å²) in [5.74, 6) is 3.65. The highest BCUT2D eigenvalue weighted by molar-refractivity contribution is 5.25. The van der Waals surface area contributed by atoms with Gasteiger partial charge in [-0.15, -0.1) is 0 Å². The lowest BCUT2D eigenvalue weighted by molar-refractivity contribution is 0.0833. The van der Waals surface area contributed by atoms with E-state index < -0.39 is 0 Å². The van der Waals surface area contributed by atoms with E-state index in [1.807, 2.05) is 13.0 Å². The summed E-state index contributed by atoms with van der Waals surface area (Å²) in [6, 6.07) is 4.07. The third-order valence-electron chi connectivity index (χ3n) is 5.34. The smallest absolute Gasteiger partial charge is 0.217 e. The van der Waals surface area contributed by atoms with Crippen LogP contribution in [0.25, 0.3) is 0 Å². The van der Waals surface area contributed by atoms with Gasteiger partial charge < -0.3 is 9.47 Å². The molecule has 0 spiro atoms. The van der Waals surface area contributed by atoms with Crippen molar-refractivity contribution in [2.75, 3.05) is 26.8 Å². The number of methoxy groups -OCH3 is 1. The monoisotopic (exact) mass is 343 g/mol. The van der Waals surface area contributed by atoms with Crippen LogP contribution in [0, 0.1) is 18.8 Å². The average Bonchev–Trinajstić information content (AvgIpc) is 3.22. The molecule has 0 aromatic carbocycles. The van der Waals surface area contributed by atoms with Gasteiger partial charge in [0.1, 0.15) is 5.82 Å². The molecule has 7 nitrogen and oxygen atoms in total. The lowest BCUT2D eigenvalue weighted by Crippen LogP contribution is -2.41. The summed E-state index contributed by atoms with van der Waals surface area (Å²) in [6.07, 6.45) is 3.98. The molecule has 3 atom stereocenters. The van der Waals surface area contributed by atoms with Gasteiger partial charge in [-0.1, -0.05) is 6.07 Å². The van der Waals surface area contributed by atoms with Crippen molar-refractivity contribution < 1.29 is 9.47 Å². The number of hydrogen-bond acceptors (Lipinski definition) is 6. The van der Waals surface area contributed by atoms with E-state index in [-0.39, 0.29) is 6.10 Å². The maximum Gasteiger partial charge on any atom is 0.217 e. The van der Waals surface area contributed by atoms with E-state index >= 15 is 0 Å². The van der Waals surface area contributed by atoms with Gasteiger partial charge in [-0.05, 0) is 31.9 Å². The van der Waals surface area contributed by atoms with Crippen LogP contribution in [0.15, 0.2) is 18.3 Å². The van der Waals surface area contributed by atoms with Crippen molar-refractivity contribution in [2.45, 2.75) is 32.4 Å². The standard InChI is InChI=1S/C18H25N5O2/c1-12-20-17(22-21-12)8-16-15-5-7-23(10-14(15)11-25-16)9-13-4-3-6-19-18(13)24-2/h3-4,6,14-16H,5,7-11H2,1-2H3,(H,20,21,22)/t14-,15-,16+/m1/s1. The van der Waals surface area contributed by atoms with Crippen molar-refractivity contribution in [2.24, 2.45) is 11.8 Å². The Morgan fingerprint density at radius 1 is 1.44 bits per heavy atom. The van der Waals surface area contributed by atoms with Crippen LogP contribution in [0.4, 0.5) is 0 Å². The number of likely N-dealkylation sites (tertiary alicyclic amines) is 1. The summed E-state index contributed by atoms with van der Waals surface area (Å²) in [5, 5.41) is 7.18. The second-order valence-corrected chi connectivity index (χ2v) is 7.03.